The number of likely N-dealkylation sites (N-methyl/N-ethyl adjacent to an activating group) is 1. The average molecular weight is 264 g/mol. The highest BCUT2D eigenvalue weighted by molar-refractivity contribution is 4.94. The number of nitrogens with zero attached hydrogens (tertiary/aromatic N) is 3. The molecule has 1 fully saturated rings. The van der Waals surface area contributed by atoms with Crippen LogP contribution in [0.5, 0.6) is 0 Å². The topological polar surface area (TPSA) is 47.1 Å². The zero-order chi connectivity index (χ0) is 13.7. The molecule has 1 aromatic rings. The maximum atomic E-state index is 6.11. The van der Waals surface area contributed by atoms with Gasteiger partial charge in [0.05, 0.1) is 6.54 Å². The molecule has 1 aliphatic rings. The van der Waals surface area contributed by atoms with E-state index in [-0.39, 0.29) is 5.54 Å². The molecule has 0 spiro atoms. The van der Waals surface area contributed by atoms with Crippen molar-refractivity contribution in [2.24, 2.45) is 11.7 Å². The van der Waals surface area contributed by atoms with E-state index in [1.807, 2.05) is 23.1 Å². The van der Waals surface area contributed by atoms with Crippen LogP contribution in [0, 0.1) is 5.92 Å². The van der Waals surface area contributed by atoms with Crippen molar-refractivity contribution in [1.82, 2.24) is 14.7 Å². The monoisotopic (exact) mass is 264 g/mol. The lowest BCUT2D eigenvalue weighted by atomic mass is 9.74. The summed E-state index contributed by atoms with van der Waals surface area (Å²) in [4.78, 5) is 2.47. The van der Waals surface area contributed by atoms with Crippen LogP contribution in [0.15, 0.2) is 18.5 Å². The molecule has 4 nitrogen and oxygen atoms in total. The van der Waals surface area contributed by atoms with Gasteiger partial charge in [-0.05, 0) is 44.7 Å². The van der Waals surface area contributed by atoms with Gasteiger partial charge in [-0.1, -0.05) is 13.3 Å². The van der Waals surface area contributed by atoms with Crippen molar-refractivity contribution < 1.29 is 0 Å². The van der Waals surface area contributed by atoms with E-state index in [0.717, 1.165) is 25.6 Å². The van der Waals surface area contributed by atoms with Crippen molar-refractivity contribution in [3.63, 3.8) is 0 Å². The van der Waals surface area contributed by atoms with Gasteiger partial charge in [-0.3, -0.25) is 9.58 Å². The van der Waals surface area contributed by atoms with Gasteiger partial charge in [0.1, 0.15) is 0 Å². The van der Waals surface area contributed by atoms with Gasteiger partial charge in [0.2, 0.25) is 0 Å². The summed E-state index contributed by atoms with van der Waals surface area (Å²) in [5, 5.41) is 4.27. The summed E-state index contributed by atoms with van der Waals surface area (Å²) in [6.45, 7) is 5.05. The minimum atomic E-state index is 0.221. The van der Waals surface area contributed by atoms with Gasteiger partial charge in [-0.2, -0.15) is 5.10 Å². The lowest BCUT2D eigenvalue weighted by Crippen LogP contribution is -2.54. The van der Waals surface area contributed by atoms with E-state index in [2.05, 4.69) is 24.0 Å². The highest BCUT2D eigenvalue weighted by atomic mass is 15.3. The van der Waals surface area contributed by atoms with Gasteiger partial charge in [-0.15, -0.1) is 0 Å². The Morgan fingerprint density at radius 3 is 2.68 bits per heavy atom. The third-order valence-electron chi connectivity index (χ3n) is 5.03. The molecule has 2 N–H and O–H groups in total. The molecule has 1 heterocycles. The zero-order valence-electron chi connectivity index (χ0n) is 12.4. The predicted octanol–water partition coefficient (Wildman–Crippen LogP) is 2.11. The Morgan fingerprint density at radius 1 is 1.42 bits per heavy atom. The lowest BCUT2D eigenvalue weighted by molar-refractivity contribution is 0.0605. The van der Waals surface area contributed by atoms with Gasteiger partial charge < -0.3 is 5.73 Å². The minimum absolute atomic E-state index is 0.221. The second-order valence-corrected chi connectivity index (χ2v) is 5.97. The number of nitrogens with two attached hydrogens (primary N) is 1. The van der Waals surface area contributed by atoms with Crippen LogP contribution in [0.3, 0.4) is 0 Å². The molecular weight excluding hydrogens is 236 g/mol. The summed E-state index contributed by atoms with van der Waals surface area (Å²) in [6.07, 6.45) is 10.3. The van der Waals surface area contributed by atoms with E-state index in [4.69, 9.17) is 5.73 Å². The van der Waals surface area contributed by atoms with E-state index in [9.17, 15) is 0 Å². The molecule has 0 saturated heterocycles. The van der Waals surface area contributed by atoms with Crippen molar-refractivity contribution in [2.75, 3.05) is 20.1 Å². The molecule has 0 unspecified atom stereocenters. The van der Waals surface area contributed by atoms with Crippen LogP contribution in [-0.2, 0) is 6.54 Å². The summed E-state index contributed by atoms with van der Waals surface area (Å²) in [6, 6.07) is 1.98. The Morgan fingerprint density at radius 2 is 2.16 bits per heavy atom. The van der Waals surface area contributed by atoms with Gasteiger partial charge in [0, 0.05) is 31.0 Å². The maximum absolute atomic E-state index is 6.11. The first-order valence-corrected chi connectivity index (χ1v) is 7.59. The number of hydrogen-bond donors (Lipinski definition) is 1. The van der Waals surface area contributed by atoms with Crippen LogP contribution in [0.2, 0.25) is 0 Å². The Kier molecular flexibility index (Phi) is 4.99. The second-order valence-electron chi connectivity index (χ2n) is 5.97. The molecule has 0 aromatic carbocycles. The van der Waals surface area contributed by atoms with E-state index in [0.29, 0.717) is 0 Å². The molecule has 0 bridgehead atoms. The molecule has 108 valence electrons. The molecular formula is C15H28N4. The number of hydrogen-bond acceptors (Lipinski definition) is 3. The second kappa shape index (κ2) is 6.53. The Hall–Kier alpha value is -0.870. The SMILES string of the molecule is CCC1CCC(CN)(N(C)CCn2cccn2)CC1. The third kappa shape index (κ3) is 3.37. The Bertz CT molecular complexity index is 352. The first-order valence-electron chi connectivity index (χ1n) is 7.59. The summed E-state index contributed by atoms with van der Waals surface area (Å²) in [5.41, 5.74) is 6.33. The van der Waals surface area contributed by atoms with E-state index >= 15 is 0 Å². The molecule has 0 atom stereocenters. The van der Waals surface area contributed by atoms with Gasteiger partial charge in [0.25, 0.3) is 0 Å². The third-order valence-corrected chi connectivity index (χ3v) is 5.03. The van der Waals surface area contributed by atoms with Crippen molar-refractivity contribution >= 4 is 0 Å². The highest BCUT2D eigenvalue weighted by Gasteiger charge is 2.36. The zero-order valence-corrected chi connectivity index (χ0v) is 12.4. The summed E-state index contributed by atoms with van der Waals surface area (Å²) >= 11 is 0. The van der Waals surface area contributed by atoms with Crippen LogP contribution in [0.25, 0.3) is 0 Å². The van der Waals surface area contributed by atoms with Crippen molar-refractivity contribution in [2.45, 2.75) is 51.1 Å². The van der Waals surface area contributed by atoms with Crippen molar-refractivity contribution in [1.29, 1.82) is 0 Å². The first-order chi connectivity index (χ1) is 9.20. The van der Waals surface area contributed by atoms with Gasteiger partial charge >= 0.3 is 0 Å². The number of rotatable bonds is 6. The predicted molar refractivity (Wildman–Crippen MR) is 78.9 cm³/mol. The fraction of sp³-hybridized carbons (Fsp3) is 0.800. The smallest absolute Gasteiger partial charge is 0.0536 e. The van der Waals surface area contributed by atoms with Crippen LogP contribution >= 0.6 is 0 Å². The molecule has 1 saturated carbocycles. The fourth-order valence-corrected chi connectivity index (χ4v) is 3.29. The molecule has 0 radical (unpaired) electrons. The normalized spacial score (nSPS) is 27.9. The summed E-state index contributed by atoms with van der Waals surface area (Å²) in [5.74, 6) is 0.916. The maximum Gasteiger partial charge on any atom is 0.0536 e. The van der Waals surface area contributed by atoms with Crippen molar-refractivity contribution in [3.8, 4) is 0 Å². The number of aromatic nitrogens is 2. The average Bonchev–Trinajstić information content (AvgIpc) is 2.98. The highest BCUT2D eigenvalue weighted by Crippen LogP contribution is 2.36. The summed E-state index contributed by atoms with van der Waals surface area (Å²) < 4.78 is 2.00. The molecule has 2 rings (SSSR count). The molecule has 0 amide bonds. The largest absolute Gasteiger partial charge is 0.329 e. The quantitative estimate of drug-likeness (QED) is 0.856. The molecule has 1 aliphatic carbocycles. The minimum Gasteiger partial charge on any atom is -0.329 e. The van der Waals surface area contributed by atoms with Gasteiger partial charge in [-0.25, -0.2) is 0 Å². The van der Waals surface area contributed by atoms with Crippen molar-refractivity contribution in [3.05, 3.63) is 18.5 Å². The van der Waals surface area contributed by atoms with Crippen LogP contribution in [0.4, 0.5) is 0 Å². The van der Waals surface area contributed by atoms with E-state index in [1.165, 1.54) is 32.1 Å². The molecule has 4 heteroatoms. The lowest BCUT2D eigenvalue weighted by Gasteiger charge is -2.46. The van der Waals surface area contributed by atoms with Crippen LogP contribution in [0.1, 0.15) is 39.0 Å². The Balaban J connectivity index is 1.89. The van der Waals surface area contributed by atoms with E-state index in [1.54, 1.807) is 0 Å². The Labute approximate surface area is 117 Å². The van der Waals surface area contributed by atoms with Gasteiger partial charge in [0.15, 0.2) is 0 Å². The van der Waals surface area contributed by atoms with E-state index < -0.39 is 0 Å². The standard InChI is InChI=1S/C15H28N4/c1-3-14-5-7-15(13-16,8-6-14)18(2)11-12-19-10-4-9-17-19/h4,9-10,14H,3,5-8,11-13,16H2,1-2H3. The van der Waals surface area contributed by atoms with Crippen LogP contribution < -0.4 is 5.73 Å². The molecule has 0 aliphatic heterocycles. The molecule has 1 aromatic heterocycles. The fourth-order valence-electron chi connectivity index (χ4n) is 3.29. The first kappa shape index (κ1) is 14.5. The van der Waals surface area contributed by atoms with Crippen LogP contribution in [-0.4, -0.2) is 40.4 Å². The molecule has 19 heavy (non-hydrogen) atoms. The summed E-state index contributed by atoms with van der Waals surface area (Å²) in [7, 11) is 2.22.